The van der Waals surface area contributed by atoms with Crippen molar-refractivity contribution in [3.8, 4) is 0 Å². The van der Waals surface area contributed by atoms with Crippen LogP contribution in [0.3, 0.4) is 0 Å². The van der Waals surface area contributed by atoms with Gasteiger partial charge in [-0.05, 0) is 26.7 Å². The van der Waals surface area contributed by atoms with E-state index in [0.29, 0.717) is 35.1 Å². The summed E-state index contributed by atoms with van der Waals surface area (Å²) in [7, 11) is 0. The second-order valence-electron chi connectivity index (χ2n) is 6.56. The van der Waals surface area contributed by atoms with E-state index in [1.54, 1.807) is 6.20 Å². The van der Waals surface area contributed by atoms with Gasteiger partial charge in [-0.2, -0.15) is 4.98 Å². The lowest BCUT2D eigenvalue weighted by Gasteiger charge is -2.26. The van der Waals surface area contributed by atoms with Crippen molar-refractivity contribution in [1.82, 2.24) is 15.3 Å². The molecule has 1 unspecified atom stereocenters. The first kappa shape index (κ1) is 18.7. The molecule has 1 aromatic heterocycles. The Bertz CT molecular complexity index is 690. The second kappa shape index (κ2) is 8.55. The van der Waals surface area contributed by atoms with Crippen molar-refractivity contribution in [3.63, 3.8) is 0 Å². The molecule has 2 aliphatic rings. The Morgan fingerprint density at radius 1 is 1.31 bits per heavy atom. The highest BCUT2D eigenvalue weighted by Crippen LogP contribution is 2.23. The Labute approximate surface area is 158 Å². The molecule has 142 valence electrons. The van der Waals surface area contributed by atoms with Gasteiger partial charge in [-0.15, -0.1) is 0 Å². The van der Waals surface area contributed by atoms with E-state index in [0.717, 1.165) is 38.2 Å². The van der Waals surface area contributed by atoms with Gasteiger partial charge in [0.2, 0.25) is 11.8 Å². The predicted octanol–water partition coefficient (Wildman–Crippen LogP) is 2.74. The molecule has 2 aliphatic heterocycles. The highest BCUT2D eigenvalue weighted by atomic mass is 35.5. The molecule has 3 heterocycles. The lowest BCUT2D eigenvalue weighted by molar-refractivity contribution is 0.0803. The molecular weight excluding hydrogens is 356 g/mol. The third-order valence-electron chi connectivity index (χ3n) is 4.41. The number of hydrogen-bond acceptors (Lipinski definition) is 8. The molecule has 1 aromatic rings. The molecule has 3 rings (SSSR count). The molecule has 0 radical (unpaired) electrons. The summed E-state index contributed by atoms with van der Waals surface area (Å²) >= 11 is 6.19. The van der Waals surface area contributed by atoms with Crippen molar-refractivity contribution in [1.29, 1.82) is 5.41 Å². The van der Waals surface area contributed by atoms with Crippen molar-refractivity contribution in [3.05, 3.63) is 22.6 Å². The molecule has 1 saturated heterocycles. The summed E-state index contributed by atoms with van der Waals surface area (Å²) in [5, 5.41) is 18.6. The van der Waals surface area contributed by atoms with Crippen molar-refractivity contribution in [2.24, 2.45) is 0 Å². The van der Waals surface area contributed by atoms with Crippen molar-refractivity contribution in [2.45, 2.75) is 45.2 Å². The first-order valence-corrected chi connectivity index (χ1v) is 9.23. The second-order valence-corrected chi connectivity index (χ2v) is 6.96. The van der Waals surface area contributed by atoms with E-state index in [1.165, 1.54) is 0 Å². The van der Waals surface area contributed by atoms with Gasteiger partial charge in [-0.1, -0.05) is 11.6 Å². The van der Waals surface area contributed by atoms with E-state index in [1.807, 2.05) is 13.8 Å². The van der Waals surface area contributed by atoms with E-state index in [-0.39, 0.29) is 11.9 Å². The number of hydrogen-bond donors (Lipinski definition) is 4. The highest BCUT2D eigenvalue weighted by molar-refractivity contribution is 6.32. The zero-order valence-corrected chi connectivity index (χ0v) is 15.8. The summed E-state index contributed by atoms with van der Waals surface area (Å²) in [6, 6.07) is 0.419. The monoisotopic (exact) mass is 380 g/mol. The first-order chi connectivity index (χ1) is 12.5. The molecule has 2 bridgehead atoms. The largest absolute Gasteiger partial charge is 0.476 e. The molecule has 0 aliphatic carbocycles. The third-order valence-corrected chi connectivity index (χ3v) is 4.68. The predicted molar refractivity (Wildman–Crippen MR) is 102 cm³/mol. The van der Waals surface area contributed by atoms with Crippen LogP contribution in [0.4, 0.5) is 11.8 Å². The standard InChI is InChI=1S/C17H25ClN6O2/c1-10-3-8-26-15(19)14(11(2)22-12-4-6-25-7-5-12)23-17-20-9-13(18)16(21-10)24-17/h9-10,12,19,22H,3-8H2,1-2H3,(H2,20,21,23,24)/b14-11+,19-15?. The van der Waals surface area contributed by atoms with Crippen LogP contribution in [0.25, 0.3) is 0 Å². The number of rotatable bonds is 2. The smallest absolute Gasteiger partial charge is 0.232 e. The van der Waals surface area contributed by atoms with Crippen LogP contribution in [0.15, 0.2) is 17.6 Å². The van der Waals surface area contributed by atoms with Crippen LogP contribution in [0, 0.1) is 5.41 Å². The molecule has 4 N–H and O–H groups in total. The van der Waals surface area contributed by atoms with Crippen LogP contribution >= 0.6 is 11.6 Å². The van der Waals surface area contributed by atoms with E-state index in [2.05, 4.69) is 25.9 Å². The number of fused-ring (bicyclic) bond motifs is 2. The fraction of sp³-hybridized carbons (Fsp3) is 0.588. The number of aromatic nitrogens is 2. The molecule has 0 amide bonds. The summed E-state index contributed by atoms with van der Waals surface area (Å²) in [6.45, 7) is 5.85. The maximum Gasteiger partial charge on any atom is 0.232 e. The van der Waals surface area contributed by atoms with Gasteiger partial charge < -0.3 is 25.4 Å². The Kier molecular flexibility index (Phi) is 6.16. The number of anilines is 2. The number of allylic oxidation sites excluding steroid dienone is 1. The maximum absolute atomic E-state index is 8.34. The van der Waals surface area contributed by atoms with Gasteiger partial charge in [-0.25, -0.2) is 4.98 Å². The zero-order valence-electron chi connectivity index (χ0n) is 15.1. The minimum absolute atomic E-state index is 0.0660. The third kappa shape index (κ3) is 4.76. The summed E-state index contributed by atoms with van der Waals surface area (Å²) in [4.78, 5) is 8.66. The first-order valence-electron chi connectivity index (χ1n) is 8.86. The number of ether oxygens (including phenoxy) is 2. The molecule has 26 heavy (non-hydrogen) atoms. The van der Waals surface area contributed by atoms with Gasteiger partial charge in [0.05, 0.1) is 12.8 Å². The maximum atomic E-state index is 8.34. The van der Waals surface area contributed by atoms with Crippen molar-refractivity contribution >= 4 is 29.3 Å². The minimum Gasteiger partial charge on any atom is -0.476 e. The highest BCUT2D eigenvalue weighted by Gasteiger charge is 2.20. The Hall–Kier alpha value is -2.06. The number of halogens is 1. The molecule has 0 spiro atoms. The van der Waals surface area contributed by atoms with Gasteiger partial charge in [0, 0.05) is 37.4 Å². The molecule has 0 aromatic carbocycles. The van der Waals surface area contributed by atoms with E-state index < -0.39 is 0 Å². The lowest BCUT2D eigenvalue weighted by atomic mass is 10.1. The Morgan fingerprint density at radius 2 is 2.08 bits per heavy atom. The van der Waals surface area contributed by atoms with E-state index in [9.17, 15) is 0 Å². The SMILES string of the molecule is C/C(NC1CCOCC1)=C1\Nc2ncc(Cl)c(n2)NC(C)CCOC1=N. The quantitative estimate of drug-likeness (QED) is 0.625. The average molecular weight is 381 g/mol. The van der Waals surface area contributed by atoms with Crippen LogP contribution in [0.5, 0.6) is 0 Å². The number of nitrogens with zero attached hydrogens (tertiary/aromatic N) is 2. The lowest BCUT2D eigenvalue weighted by Crippen LogP contribution is -2.35. The minimum atomic E-state index is 0.0660. The van der Waals surface area contributed by atoms with Crippen molar-refractivity contribution in [2.75, 3.05) is 30.5 Å². The fourth-order valence-electron chi connectivity index (χ4n) is 2.90. The molecule has 8 nitrogen and oxygen atoms in total. The van der Waals surface area contributed by atoms with Gasteiger partial charge in [0.15, 0.2) is 5.82 Å². The molecule has 1 atom stereocenters. The van der Waals surface area contributed by atoms with Gasteiger partial charge in [-0.3, -0.25) is 5.41 Å². The number of nitrogens with one attached hydrogen (secondary N) is 4. The van der Waals surface area contributed by atoms with Gasteiger partial charge >= 0.3 is 0 Å². The van der Waals surface area contributed by atoms with Crippen LogP contribution < -0.4 is 16.0 Å². The molecule has 1 fully saturated rings. The fourth-order valence-corrected chi connectivity index (χ4v) is 3.04. The molecule has 9 heteroatoms. The van der Waals surface area contributed by atoms with E-state index >= 15 is 0 Å². The zero-order chi connectivity index (χ0) is 18.5. The summed E-state index contributed by atoms with van der Waals surface area (Å²) in [5.74, 6) is 0.998. The van der Waals surface area contributed by atoms with Crippen LogP contribution in [-0.4, -0.2) is 47.8 Å². The van der Waals surface area contributed by atoms with Crippen molar-refractivity contribution < 1.29 is 9.47 Å². The summed E-state index contributed by atoms with van der Waals surface area (Å²) in [5.41, 5.74) is 1.35. The van der Waals surface area contributed by atoms with Crippen LogP contribution in [0.1, 0.15) is 33.1 Å². The normalized spacial score (nSPS) is 23.8. The summed E-state index contributed by atoms with van der Waals surface area (Å²) < 4.78 is 11.0. The topological polar surface area (TPSA) is 104 Å². The Morgan fingerprint density at radius 3 is 2.85 bits per heavy atom. The summed E-state index contributed by atoms with van der Waals surface area (Å²) in [6.07, 6.45) is 4.13. The van der Waals surface area contributed by atoms with E-state index in [4.69, 9.17) is 26.5 Å². The van der Waals surface area contributed by atoms with Gasteiger partial charge in [0.25, 0.3) is 0 Å². The van der Waals surface area contributed by atoms with Crippen LogP contribution in [-0.2, 0) is 9.47 Å². The van der Waals surface area contributed by atoms with Crippen LogP contribution in [0.2, 0.25) is 5.02 Å². The molecular formula is C17H25ClN6O2. The van der Waals surface area contributed by atoms with Gasteiger partial charge in [0.1, 0.15) is 10.7 Å². The molecule has 0 saturated carbocycles. The Balaban J connectivity index is 1.87. The average Bonchev–Trinajstić information content (AvgIpc) is 2.64.